The Bertz CT molecular complexity index is 540. The van der Waals surface area contributed by atoms with Crippen LogP contribution in [0.25, 0.3) is 0 Å². The molecule has 0 bridgehead atoms. The molecular weight excluding hydrogens is 304 g/mol. The highest BCUT2D eigenvalue weighted by atomic mass is 32.2. The van der Waals surface area contributed by atoms with E-state index in [1.54, 1.807) is 6.07 Å². The van der Waals surface area contributed by atoms with E-state index in [2.05, 4.69) is 23.9 Å². The molecule has 4 nitrogen and oxygen atoms in total. The molecule has 1 aromatic heterocycles. The maximum atomic E-state index is 12.3. The largest absolute Gasteiger partial charge is 0.313 e. The highest BCUT2D eigenvalue weighted by molar-refractivity contribution is 7.91. The molecule has 1 fully saturated rings. The number of thiophene rings is 1. The minimum atomic E-state index is -3.34. The molecule has 2 rings (SSSR count). The van der Waals surface area contributed by atoms with Crippen LogP contribution in [0.1, 0.15) is 45.1 Å². The lowest BCUT2D eigenvalue weighted by molar-refractivity contribution is 0.414. The summed E-state index contributed by atoms with van der Waals surface area (Å²) in [5.41, 5.74) is 1.04. The van der Waals surface area contributed by atoms with Gasteiger partial charge < -0.3 is 5.32 Å². The number of sulfonamides is 1. The quantitative estimate of drug-likeness (QED) is 0.721. The molecule has 1 saturated carbocycles. The van der Waals surface area contributed by atoms with Crippen LogP contribution in [0.4, 0.5) is 0 Å². The lowest BCUT2D eigenvalue weighted by atomic mass is 9.99. The van der Waals surface area contributed by atoms with Gasteiger partial charge in [0.05, 0.1) is 0 Å². The van der Waals surface area contributed by atoms with Gasteiger partial charge >= 0.3 is 0 Å². The number of rotatable bonds is 8. The van der Waals surface area contributed by atoms with E-state index >= 15 is 0 Å². The van der Waals surface area contributed by atoms with Gasteiger partial charge in [-0.25, -0.2) is 13.1 Å². The molecule has 6 heteroatoms. The van der Waals surface area contributed by atoms with Gasteiger partial charge in [-0.05, 0) is 48.2 Å². The van der Waals surface area contributed by atoms with Gasteiger partial charge in [0.15, 0.2) is 0 Å². The van der Waals surface area contributed by atoms with E-state index in [0.717, 1.165) is 31.5 Å². The van der Waals surface area contributed by atoms with Gasteiger partial charge in [0.1, 0.15) is 4.21 Å². The standard InChI is InChI=1S/C15H26N2O2S2/c1-3-7-16-9-13-8-15(20-11-13)21(18,19)17-10-14-6-4-5-12(14)2/h8,11-12,14,16-17H,3-7,9-10H2,1-2H3. The van der Waals surface area contributed by atoms with Crippen molar-refractivity contribution in [1.82, 2.24) is 10.0 Å². The molecule has 120 valence electrons. The Morgan fingerprint density at radius 1 is 1.38 bits per heavy atom. The maximum Gasteiger partial charge on any atom is 0.250 e. The fourth-order valence-electron chi connectivity index (χ4n) is 2.81. The monoisotopic (exact) mass is 330 g/mol. The number of nitrogens with one attached hydrogen (secondary N) is 2. The highest BCUT2D eigenvalue weighted by Crippen LogP contribution is 2.31. The lowest BCUT2D eigenvalue weighted by Crippen LogP contribution is -2.29. The van der Waals surface area contributed by atoms with Crippen molar-refractivity contribution in [2.45, 2.75) is 50.3 Å². The van der Waals surface area contributed by atoms with Gasteiger partial charge in [-0.2, -0.15) is 0 Å². The van der Waals surface area contributed by atoms with Crippen LogP contribution in [0, 0.1) is 11.8 Å². The third kappa shape index (κ3) is 4.77. The van der Waals surface area contributed by atoms with E-state index in [1.807, 2.05) is 5.38 Å². The zero-order chi connectivity index (χ0) is 15.3. The summed E-state index contributed by atoms with van der Waals surface area (Å²) in [5.74, 6) is 1.12. The zero-order valence-electron chi connectivity index (χ0n) is 12.9. The maximum absolute atomic E-state index is 12.3. The lowest BCUT2D eigenvalue weighted by Gasteiger charge is -2.15. The van der Waals surface area contributed by atoms with Crippen molar-refractivity contribution in [3.63, 3.8) is 0 Å². The van der Waals surface area contributed by atoms with Gasteiger partial charge in [-0.15, -0.1) is 11.3 Å². The van der Waals surface area contributed by atoms with Crippen LogP contribution in [0.2, 0.25) is 0 Å². The summed E-state index contributed by atoms with van der Waals surface area (Å²) in [4.78, 5) is 0. The second kappa shape index (κ2) is 7.72. The molecule has 21 heavy (non-hydrogen) atoms. The fourth-order valence-corrected chi connectivity index (χ4v) is 5.16. The summed E-state index contributed by atoms with van der Waals surface area (Å²) >= 11 is 1.31. The smallest absolute Gasteiger partial charge is 0.250 e. The van der Waals surface area contributed by atoms with Crippen molar-refractivity contribution < 1.29 is 8.42 Å². The van der Waals surface area contributed by atoms with Gasteiger partial charge in [0.25, 0.3) is 0 Å². The van der Waals surface area contributed by atoms with Crippen LogP contribution in [0.5, 0.6) is 0 Å². The highest BCUT2D eigenvalue weighted by Gasteiger charge is 2.25. The van der Waals surface area contributed by atoms with Crippen LogP contribution in [-0.4, -0.2) is 21.5 Å². The Morgan fingerprint density at radius 3 is 2.86 bits per heavy atom. The fraction of sp³-hybridized carbons (Fsp3) is 0.733. The Kier molecular flexibility index (Phi) is 6.22. The minimum absolute atomic E-state index is 0.432. The average molecular weight is 331 g/mol. The van der Waals surface area contributed by atoms with Gasteiger partial charge in [0, 0.05) is 13.1 Å². The molecule has 2 unspecified atom stereocenters. The van der Waals surface area contributed by atoms with Crippen LogP contribution in [0.15, 0.2) is 15.7 Å². The van der Waals surface area contributed by atoms with Crippen molar-refractivity contribution >= 4 is 21.4 Å². The molecule has 1 aromatic rings. The molecule has 0 aliphatic heterocycles. The first kappa shape index (κ1) is 16.9. The Balaban J connectivity index is 1.89. The van der Waals surface area contributed by atoms with E-state index in [0.29, 0.717) is 22.6 Å². The SMILES string of the molecule is CCCNCc1csc(S(=O)(=O)NCC2CCCC2C)c1. The van der Waals surface area contributed by atoms with Crippen molar-refractivity contribution in [2.24, 2.45) is 11.8 Å². The predicted molar refractivity (Wildman–Crippen MR) is 88.0 cm³/mol. The van der Waals surface area contributed by atoms with Crippen LogP contribution in [-0.2, 0) is 16.6 Å². The Labute approximate surface area is 132 Å². The number of hydrogen-bond donors (Lipinski definition) is 2. The van der Waals surface area contributed by atoms with Crippen LogP contribution < -0.4 is 10.0 Å². The molecule has 0 saturated heterocycles. The molecule has 1 aliphatic rings. The third-order valence-corrected chi connectivity index (χ3v) is 7.14. The molecule has 0 radical (unpaired) electrons. The predicted octanol–water partition coefficient (Wildman–Crippen LogP) is 2.96. The molecule has 2 atom stereocenters. The van der Waals surface area contributed by atoms with Crippen molar-refractivity contribution in [2.75, 3.05) is 13.1 Å². The van der Waals surface area contributed by atoms with Crippen LogP contribution >= 0.6 is 11.3 Å². The van der Waals surface area contributed by atoms with Crippen LogP contribution in [0.3, 0.4) is 0 Å². The third-order valence-electron chi connectivity index (χ3n) is 4.23. The summed E-state index contributed by atoms with van der Waals surface area (Å²) in [7, 11) is -3.34. The molecule has 0 aromatic carbocycles. The molecule has 2 N–H and O–H groups in total. The molecule has 0 spiro atoms. The van der Waals surface area contributed by atoms with E-state index in [-0.39, 0.29) is 0 Å². The van der Waals surface area contributed by atoms with E-state index in [4.69, 9.17) is 0 Å². The first-order valence-electron chi connectivity index (χ1n) is 7.80. The summed E-state index contributed by atoms with van der Waals surface area (Å²) in [6.45, 7) is 6.60. The number of hydrogen-bond acceptors (Lipinski definition) is 4. The first-order valence-corrected chi connectivity index (χ1v) is 10.2. The van der Waals surface area contributed by atoms with E-state index in [9.17, 15) is 8.42 Å². The average Bonchev–Trinajstić information content (AvgIpc) is 3.06. The molecular formula is C15H26N2O2S2. The summed E-state index contributed by atoms with van der Waals surface area (Å²) < 4.78 is 27.9. The summed E-state index contributed by atoms with van der Waals surface area (Å²) in [6, 6.07) is 1.79. The van der Waals surface area contributed by atoms with Crippen molar-refractivity contribution in [1.29, 1.82) is 0 Å². The van der Waals surface area contributed by atoms with Gasteiger partial charge in [-0.1, -0.05) is 26.7 Å². The first-order chi connectivity index (χ1) is 10.0. The Hall–Kier alpha value is -0.430. The van der Waals surface area contributed by atoms with E-state index in [1.165, 1.54) is 24.2 Å². The molecule has 0 amide bonds. The summed E-state index contributed by atoms with van der Waals surface area (Å²) in [6.07, 6.45) is 4.66. The van der Waals surface area contributed by atoms with Gasteiger partial charge in [0.2, 0.25) is 10.0 Å². The zero-order valence-corrected chi connectivity index (χ0v) is 14.5. The summed E-state index contributed by atoms with van der Waals surface area (Å²) in [5, 5.41) is 5.22. The molecule has 1 aliphatic carbocycles. The molecule has 1 heterocycles. The topological polar surface area (TPSA) is 58.2 Å². The van der Waals surface area contributed by atoms with Crippen molar-refractivity contribution in [3.8, 4) is 0 Å². The van der Waals surface area contributed by atoms with Gasteiger partial charge in [-0.3, -0.25) is 0 Å². The minimum Gasteiger partial charge on any atom is -0.313 e. The van der Waals surface area contributed by atoms with Crippen molar-refractivity contribution in [3.05, 3.63) is 17.0 Å². The second-order valence-corrected chi connectivity index (χ2v) is 8.88. The Morgan fingerprint density at radius 2 is 2.19 bits per heavy atom. The normalized spacial score (nSPS) is 22.8. The second-order valence-electron chi connectivity index (χ2n) is 5.97. The van der Waals surface area contributed by atoms with E-state index < -0.39 is 10.0 Å².